The van der Waals surface area contributed by atoms with Crippen LogP contribution in [-0.2, 0) is 14.8 Å². The molecule has 0 atom stereocenters. The van der Waals surface area contributed by atoms with Crippen molar-refractivity contribution in [2.75, 3.05) is 13.1 Å². The van der Waals surface area contributed by atoms with E-state index in [2.05, 4.69) is 9.93 Å². The Morgan fingerprint density at radius 2 is 1.85 bits per heavy atom. The van der Waals surface area contributed by atoms with Gasteiger partial charge in [0.2, 0.25) is 0 Å². The third-order valence-corrected chi connectivity index (χ3v) is 6.11. The van der Waals surface area contributed by atoms with Crippen molar-refractivity contribution < 1.29 is 17.9 Å². The lowest BCUT2D eigenvalue weighted by atomic mass is 9.78. The number of ether oxygens (including phenoxy) is 1. The number of carbonyl (C=O) groups is 1. The summed E-state index contributed by atoms with van der Waals surface area (Å²) in [6.45, 7) is 8.71. The minimum atomic E-state index is -3.66. The quantitative estimate of drug-likeness (QED) is 0.800. The Kier molecular flexibility index (Phi) is 4.96. The Balaban J connectivity index is 1.56. The van der Waals surface area contributed by atoms with E-state index in [4.69, 9.17) is 4.74 Å². The first-order chi connectivity index (χ1) is 12.5. The Morgan fingerprint density at radius 3 is 2.44 bits per heavy atom. The number of nitrogens with one attached hydrogen (secondary N) is 1. The molecule has 8 heteroatoms. The summed E-state index contributed by atoms with van der Waals surface area (Å²) in [5, 5.41) is 4.14. The van der Waals surface area contributed by atoms with Crippen LogP contribution in [0.15, 0.2) is 34.3 Å². The predicted octanol–water partition coefficient (Wildman–Crippen LogP) is 3.05. The van der Waals surface area contributed by atoms with Crippen LogP contribution in [0.1, 0.15) is 45.6 Å². The van der Waals surface area contributed by atoms with Crippen molar-refractivity contribution in [1.82, 2.24) is 9.73 Å². The van der Waals surface area contributed by atoms with Gasteiger partial charge < -0.3 is 9.64 Å². The summed E-state index contributed by atoms with van der Waals surface area (Å²) in [5.41, 5.74) is 1.33. The van der Waals surface area contributed by atoms with Crippen LogP contribution in [-0.4, -0.2) is 43.8 Å². The third-order valence-electron chi connectivity index (χ3n) is 4.88. The average Bonchev–Trinajstić information content (AvgIpc) is 2.95. The molecule has 27 heavy (non-hydrogen) atoms. The molecule has 2 aliphatic rings. The Hall–Kier alpha value is -2.09. The molecule has 3 rings (SSSR count). The molecule has 1 amide bonds. The highest BCUT2D eigenvalue weighted by molar-refractivity contribution is 7.89. The van der Waals surface area contributed by atoms with Crippen LogP contribution in [0.2, 0.25) is 0 Å². The van der Waals surface area contributed by atoms with E-state index in [0.29, 0.717) is 19.5 Å². The second kappa shape index (κ2) is 6.82. The van der Waals surface area contributed by atoms with Crippen molar-refractivity contribution in [2.24, 2.45) is 10.5 Å². The molecule has 148 valence electrons. The van der Waals surface area contributed by atoms with Gasteiger partial charge in [-0.2, -0.15) is 13.5 Å². The maximum atomic E-state index is 12.3. The summed E-state index contributed by atoms with van der Waals surface area (Å²) in [5.74, 6) is 0. The molecule has 0 radical (unpaired) electrons. The van der Waals surface area contributed by atoms with E-state index >= 15 is 0 Å². The van der Waals surface area contributed by atoms with Crippen LogP contribution in [0.5, 0.6) is 0 Å². The molecule has 1 aromatic carbocycles. The number of benzene rings is 1. The molecule has 1 aromatic rings. The number of nitrogens with zero attached hydrogens (tertiary/aromatic N) is 2. The van der Waals surface area contributed by atoms with Gasteiger partial charge in [-0.15, -0.1) is 0 Å². The molecular weight excluding hydrogens is 366 g/mol. The highest BCUT2D eigenvalue weighted by Crippen LogP contribution is 2.44. The van der Waals surface area contributed by atoms with Crippen LogP contribution in [0.25, 0.3) is 0 Å². The van der Waals surface area contributed by atoms with E-state index in [1.54, 1.807) is 29.2 Å². The van der Waals surface area contributed by atoms with Gasteiger partial charge in [0.05, 0.1) is 4.90 Å². The molecule has 0 aromatic heterocycles. The van der Waals surface area contributed by atoms with E-state index in [9.17, 15) is 13.2 Å². The number of amides is 1. The molecule has 1 aliphatic heterocycles. The van der Waals surface area contributed by atoms with Gasteiger partial charge in [-0.1, -0.05) is 17.7 Å². The zero-order valence-corrected chi connectivity index (χ0v) is 17.1. The summed E-state index contributed by atoms with van der Waals surface area (Å²) in [6.07, 6.45) is 2.04. The molecule has 0 bridgehead atoms. The first-order valence-electron chi connectivity index (χ1n) is 9.10. The zero-order valence-electron chi connectivity index (χ0n) is 16.3. The molecule has 1 spiro atoms. The van der Waals surface area contributed by atoms with Gasteiger partial charge in [-0.3, -0.25) is 0 Å². The second-order valence-corrected chi connectivity index (χ2v) is 10.3. The SMILES string of the molecule is Cc1ccc(S(=O)(=O)N/N=C2\CCC3(C2)CN(C(=O)OC(C)(C)C)C3)cc1. The largest absolute Gasteiger partial charge is 0.444 e. The van der Waals surface area contributed by atoms with Gasteiger partial charge in [0.15, 0.2) is 0 Å². The van der Waals surface area contributed by atoms with Gasteiger partial charge in [-0.05, 0) is 59.1 Å². The molecule has 1 saturated heterocycles. The third kappa shape index (κ3) is 4.61. The number of hydrazone groups is 1. The molecular formula is C19H27N3O4S. The highest BCUT2D eigenvalue weighted by Gasteiger charge is 2.49. The summed E-state index contributed by atoms with van der Waals surface area (Å²) in [7, 11) is -3.66. The summed E-state index contributed by atoms with van der Waals surface area (Å²) >= 11 is 0. The summed E-state index contributed by atoms with van der Waals surface area (Å²) in [6, 6.07) is 6.65. The van der Waals surface area contributed by atoms with E-state index in [-0.39, 0.29) is 16.4 Å². The topological polar surface area (TPSA) is 88.1 Å². The van der Waals surface area contributed by atoms with E-state index < -0.39 is 15.6 Å². The fraction of sp³-hybridized carbons (Fsp3) is 0.579. The fourth-order valence-corrected chi connectivity index (χ4v) is 4.35. The van der Waals surface area contributed by atoms with Crippen molar-refractivity contribution in [1.29, 1.82) is 0 Å². The monoisotopic (exact) mass is 393 g/mol. The number of aryl methyl sites for hydroxylation is 1. The maximum Gasteiger partial charge on any atom is 0.410 e. The predicted molar refractivity (Wildman–Crippen MR) is 103 cm³/mol. The highest BCUT2D eigenvalue weighted by atomic mass is 32.2. The lowest BCUT2D eigenvalue weighted by Gasteiger charge is -2.47. The van der Waals surface area contributed by atoms with Crippen molar-refractivity contribution >= 4 is 21.8 Å². The lowest BCUT2D eigenvalue weighted by molar-refractivity contribution is -0.0301. The molecule has 1 heterocycles. The van der Waals surface area contributed by atoms with Crippen LogP contribution >= 0.6 is 0 Å². The van der Waals surface area contributed by atoms with Crippen molar-refractivity contribution in [2.45, 2.75) is 57.5 Å². The Labute approximate surface area is 160 Å². The first-order valence-corrected chi connectivity index (χ1v) is 10.6. The van der Waals surface area contributed by atoms with Crippen LogP contribution in [0, 0.1) is 12.3 Å². The van der Waals surface area contributed by atoms with Crippen molar-refractivity contribution in [3.63, 3.8) is 0 Å². The number of hydrogen-bond acceptors (Lipinski definition) is 5. The van der Waals surface area contributed by atoms with Gasteiger partial charge in [0, 0.05) is 24.2 Å². The van der Waals surface area contributed by atoms with Crippen molar-refractivity contribution in [3.8, 4) is 0 Å². The number of carbonyl (C=O) groups excluding carboxylic acids is 1. The Morgan fingerprint density at radius 1 is 1.22 bits per heavy atom. The van der Waals surface area contributed by atoms with Gasteiger partial charge in [-0.25, -0.2) is 9.63 Å². The molecule has 1 aliphatic carbocycles. The normalized spacial score (nSPS) is 20.6. The van der Waals surface area contributed by atoms with Crippen LogP contribution in [0.4, 0.5) is 4.79 Å². The van der Waals surface area contributed by atoms with Gasteiger partial charge >= 0.3 is 6.09 Å². The van der Waals surface area contributed by atoms with E-state index in [0.717, 1.165) is 24.1 Å². The molecule has 7 nitrogen and oxygen atoms in total. The summed E-state index contributed by atoms with van der Waals surface area (Å²) in [4.78, 5) is 16.3. The molecule has 0 unspecified atom stereocenters. The second-order valence-electron chi connectivity index (χ2n) is 8.60. The molecule has 1 saturated carbocycles. The Bertz CT molecular complexity index is 848. The van der Waals surface area contributed by atoms with Crippen LogP contribution < -0.4 is 4.83 Å². The zero-order chi connectivity index (χ0) is 19.9. The summed E-state index contributed by atoms with van der Waals surface area (Å²) < 4.78 is 30.0. The smallest absolute Gasteiger partial charge is 0.410 e. The fourth-order valence-electron chi connectivity index (χ4n) is 3.50. The number of sulfonamides is 1. The lowest BCUT2D eigenvalue weighted by Crippen LogP contribution is -2.58. The van der Waals surface area contributed by atoms with Crippen LogP contribution in [0.3, 0.4) is 0 Å². The maximum absolute atomic E-state index is 12.3. The van der Waals surface area contributed by atoms with E-state index in [1.807, 2.05) is 27.7 Å². The standard InChI is InChI=1S/C19H27N3O4S/c1-14-5-7-16(8-6-14)27(24,25)21-20-15-9-10-19(11-15)12-22(13-19)17(23)26-18(2,3)4/h5-8,21H,9-13H2,1-4H3/b20-15+. The number of likely N-dealkylation sites (tertiary alicyclic amines) is 1. The van der Waals surface area contributed by atoms with Gasteiger partial charge in [0.25, 0.3) is 10.0 Å². The molecule has 1 N–H and O–H groups in total. The minimum absolute atomic E-state index is 0.00500. The number of hydrogen-bond donors (Lipinski definition) is 1. The average molecular weight is 394 g/mol. The van der Waals surface area contributed by atoms with Crippen molar-refractivity contribution in [3.05, 3.63) is 29.8 Å². The first kappa shape index (κ1) is 19.7. The number of rotatable bonds is 3. The molecule has 2 fully saturated rings. The van der Waals surface area contributed by atoms with E-state index in [1.165, 1.54) is 0 Å². The van der Waals surface area contributed by atoms with Gasteiger partial charge in [0.1, 0.15) is 5.60 Å². The minimum Gasteiger partial charge on any atom is -0.444 e.